The van der Waals surface area contributed by atoms with E-state index in [-0.39, 0.29) is 4.90 Å². The molecular weight excluding hydrogens is 376 g/mol. The summed E-state index contributed by atoms with van der Waals surface area (Å²) in [5.41, 5.74) is 4.26. The van der Waals surface area contributed by atoms with Crippen LogP contribution in [0.5, 0.6) is 0 Å². The molecule has 4 nitrogen and oxygen atoms in total. The van der Waals surface area contributed by atoms with Crippen molar-refractivity contribution in [2.24, 2.45) is 0 Å². The van der Waals surface area contributed by atoms with E-state index in [1.54, 1.807) is 29.9 Å². The molecule has 0 fully saturated rings. The van der Waals surface area contributed by atoms with Crippen LogP contribution in [0.25, 0.3) is 22.3 Å². The molecule has 0 aliphatic carbocycles. The van der Waals surface area contributed by atoms with E-state index in [9.17, 15) is 8.42 Å². The van der Waals surface area contributed by atoms with Crippen LogP contribution in [0.2, 0.25) is 0 Å². The Morgan fingerprint density at radius 3 is 2.19 bits per heavy atom. The van der Waals surface area contributed by atoms with E-state index in [2.05, 4.69) is 9.71 Å². The van der Waals surface area contributed by atoms with E-state index in [1.807, 2.05) is 60.0 Å². The van der Waals surface area contributed by atoms with Crippen LogP contribution in [0.4, 0.5) is 5.69 Å². The minimum atomic E-state index is -3.68. The average molecular weight is 393 g/mol. The summed E-state index contributed by atoms with van der Waals surface area (Å²) in [4.78, 5) is 4.33. The number of hydrogen-bond donors (Lipinski definition) is 1. The normalized spacial score (nSPS) is 11.3. The van der Waals surface area contributed by atoms with Gasteiger partial charge in [0.2, 0.25) is 0 Å². The van der Waals surface area contributed by atoms with Gasteiger partial charge in [-0.15, -0.1) is 11.3 Å². The number of hydrogen-bond acceptors (Lipinski definition) is 4. The van der Waals surface area contributed by atoms with Crippen molar-refractivity contribution in [1.29, 1.82) is 0 Å². The highest BCUT2D eigenvalue weighted by Crippen LogP contribution is 2.33. The lowest BCUT2D eigenvalue weighted by molar-refractivity contribution is 0.601. The Labute approximate surface area is 162 Å². The van der Waals surface area contributed by atoms with Gasteiger partial charge in [-0.1, -0.05) is 48.5 Å². The lowest BCUT2D eigenvalue weighted by Gasteiger charge is -2.10. The van der Waals surface area contributed by atoms with Gasteiger partial charge in [0.15, 0.2) is 0 Å². The molecule has 0 unspecified atom stereocenters. The number of thiophene rings is 1. The molecule has 0 aliphatic rings. The van der Waals surface area contributed by atoms with Gasteiger partial charge in [-0.05, 0) is 29.3 Å². The first-order valence-corrected chi connectivity index (χ1v) is 10.7. The van der Waals surface area contributed by atoms with Crippen molar-refractivity contribution >= 4 is 27.0 Å². The lowest BCUT2D eigenvalue weighted by Crippen LogP contribution is -2.12. The first-order chi connectivity index (χ1) is 13.1. The van der Waals surface area contributed by atoms with E-state index in [4.69, 9.17) is 0 Å². The first-order valence-electron chi connectivity index (χ1n) is 8.28. The molecule has 1 N–H and O–H groups in total. The molecule has 4 aromatic rings. The zero-order valence-electron chi connectivity index (χ0n) is 14.2. The molecule has 27 heavy (non-hydrogen) atoms. The zero-order valence-corrected chi connectivity index (χ0v) is 15.9. The third kappa shape index (κ3) is 3.77. The molecule has 2 aromatic heterocycles. The Morgan fingerprint density at radius 2 is 1.48 bits per heavy atom. The molecule has 2 heterocycles. The molecule has 0 aliphatic heterocycles. The molecule has 0 saturated heterocycles. The molecule has 134 valence electrons. The van der Waals surface area contributed by atoms with Gasteiger partial charge in [0.05, 0.1) is 10.6 Å². The molecular formula is C21H16N2O2S2. The third-order valence-corrected chi connectivity index (χ3v) is 6.28. The molecule has 0 amide bonds. The molecule has 6 heteroatoms. The number of benzene rings is 2. The van der Waals surface area contributed by atoms with Gasteiger partial charge in [0.1, 0.15) is 0 Å². The Morgan fingerprint density at radius 1 is 0.778 bits per heavy atom. The van der Waals surface area contributed by atoms with Crippen molar-refractivity contribution in [3.63, 3.8) is 0 Å². The van der Waals surface area contributed by atoms with Crippen LogP contribution >= 0.6 is 11.3 Å². The second-order valence-corrected chi connectivity index (χ2v) is 8.36. The summed E-state index contributed by atoms with van der Waals surface area (Å²) in [7, 11) is -3.68. The predicted molar refractivity (Wildman–Crippen MR) is 110 cm³/mol. The van der Waals surface area contributed by atoms with Gasteiger partial charge in [0, 0.05) is 34.3 Å². The predicted octanol–water partition coefficient (Wildman–Crippen LogP) is 5.28. The highest BCUT2D eigenvalue weighted by Gasteiger charge is 2.17. The number of anilines is 1. The van der Waals surface area contributed by atoms with Crippen LogP contribution in [0.3, 0.4) is 0 Å². The maximum atomic E-state index is 12.8. The van der Waals surface area contributed by atoms with Crippen LogP contribution in [0.15, 0.2) is 94.8 Å². The molecule has 0 atom stereocenters. The largest absolute Gasteiger partial charge is 0.278 e. The van der Waals surface area contributed by atoms with Gasteiger partial charge >= 0.3 is 0 Å². The molecule has 2 aromatic carbocycles. The molecule has 0 bridgehead atoms. The molecule has 0 spiro atoms. The molecule has 4 rings (SSSR count). The second kappa shape index (κ2) is 7.34. The van der Waals surface area contributed by atoms with Crippen LogP contribution in [-0.2, 0) is 10.0 Å². The number of nitrogens with one attached hydrogen (secondary N) is 1. The maximum Gasteiger partial charge on any atom is 0.261 e. The fraction of sp³-hybridized carbons (Fsp3) is 0. The maximum absolute atomic E-state index is 12.8. The van der Waals surface area contributed by atoms with Crippen LogP contribution < -0.4 is 4.72 Å². The average Bonchev–Trinajstić information content (AvgIpc) is 3.17. The van der Waals surface area contributed by atoms with Gasteiger partial charge in [-0.2, -0.15) is 0 Å². The standard InChI is InChI=1S/C21H16N2O2S2/c24-27(25,19-10-8-17(9-11-19)16-5-2-1-3-6-16)23-21-15-26-14-20(21)18-7-4-12-22-13-18/h1-15,23H. The summed E-state index contributed by atoms with van der Waals surface area (Å²) in [6, 6.07) is 20.5. The van der Waals surface area contributed by atoms with Gasteiger partial charge in [0.25, 0.3) is 10.0 Å². The SMILES string of the molecule is O=S(=O)(Nc1cscc1-c1cccnc1)c1ccc(-c2ccccc2)cc1. The van der Waals surface area contributed by atoms with E-state index in [0.717, 1.165) is 22.3 Å². The number of nitrogens with zero attached hydrogens (tertiary/aromatic N) is 1. The van der Waals surface area contributed by atoms with Gasteiger partial charge < -0.3 is 0 Å². The Kier molecular flexibility index (Phi) is 4.75. The Bertz CT molecular complexity index is 1140. The summed E-state index contributed by atoms with van der Waals surface area (Å²) >= 11 is 1.44. The van der Waals surface area contributed by atoms with Crippen LogP contribution in [0.1, 0.15) is 0 Å². The van der Waals surface area contributed by atoms with Crippen LogP contribution in [0, 0.1) is 0 Å². The first kappa shape index (κ1) is 17.5. The topological polar surface area (TPSA) is 59.1 Å². The van der Waals surface area contributed by atoms with Crippen molar-refractivity contribution in [3.8, 4) is 22.3 Å². The fourth-order valence-electron chi connectivity index (χ4n) is 2.78. The molecule has 0 saturated carbocycles. The monoisotopic (exact) mass is 392 g/mol. The van der Waals surface area contributed by atoms with Crippen molar-refractivity contribution in [1.82, 2.24) is 4.98 Å². The second-order valence-electron chi connectivity index (χ2n) is 5.94. The van der Waals surface area contributed by atoms with Crippen LogP contribution in [-0.4, -0.2) is 13.4 Å². The number of pyridine rings is 1. The number of sulfonamides is 1. The summed E-state index contributed by atoms with van der Waals surface area (Å²) in [6.45, 7) is 0. The van der Waals surface area contributed by atoms with E-state index >= 15 is 0 Å². The Hall–Kier alpha value is -2.96. The smallest absolute Gasteiger partial charge is 0.261 e. The van der Waals surface area contributed by atoms with E-state index in [0.29, 0.717) is 5.69 Å². The quantitative estimate of drug-likeness (QED) is 0.503. The highest BCUT2D eigenvalue weighted by atomic mass is 32.2. The summed E-state index contributed by atoms with van der Waals surface area (Å²) in [6.07, 6.45) is 3.41. The Balaban J connectivity index is 1.61. The highest BCUT2D eigenvalue weighted by molar-refractivity contribution is 7.92. The zero-order chi connectivity index (χ0) is 18.7. The van der Waals surface area contributed by atoms with Crippen molar-refractivity contribution in [2.75, 3.05) is 4.72 Å². The summed E-state index contributed by atoms with van der Waals surface area (Å²) in [5, 5.41) is 3.70. The minimum Gasteiger partial charge on any atom is -0.278 e. The van der Waals surface area contributed by atoms with Crippen molar-refractivity contribution in [3.05, 3.63) is 89.9 Å². The lowest BCUT2D eigenvalue weighted by atomic mass is 10.1. The third-order valence-electron chi connectivity index (χ3n) is 4.15. The van der Waals surface area contributed by atoms with E-state index < -0.39 is 10.0 Å². The minimum absolute atomic E-state index is 0.227. The number of rotatable bonds is 5. The molecule has 0 radical (unpaired) electrons. The summed E-state index contributed by atoms with van der Waals surface area (Å²) < 4.78 is 28.3. The fourth-order valence-corrected chi connectivity index (χ4v) is 4.72. The number of aromatic nitrogens is 1. The van der Waals surface area contributed by atoms with E-state index in [1.165, 1.54) is 11.3 Å². The van der Waals surface area contributed by atoms with Gasteiger partial charge in [-0.3, -0.25) is 9.71 Å². The van der Waals surface area contributed by atoms with Crippen molar-refractivity contribution in [2.45, 2.75) is 4.90 Å². The summed E-state index contributed by atoms with van der Waals surface area (Å²) in [5.74, 6) is 0. The van der Waals surface area contributed by atoms with Crippen molar-refractivity contribution < 1.29 is 8.42 Å². The van der Waals surface area contributed by atoms with Gasteiger partial charge in [-0.25, -0.2) is 8.42 Å².